The molecule has 0 radical (unpaired) electrons. The number of hydrogen-bond acceptors (Lipinski definition) is 0. The molecule has 1 aromatic carbocycles. The van der Waals surface area contributed by atoms with Crippen LogP contribution in [-0.2, 0) is 6.42 Å². The first kappa shape index (κ1) is 11.2. The highest BCUT2D eigenvalue weighted by Crippen LogP contribution is 2.12. The Kier molecular flexibility index (Phi) is 5.35. The summed E-state index contributed by atoms with van der Waals surface area (Å²) < 4.78 is 12.9. The van der Waals surface area contributed by atoms with Gasteiger partial charge in [-0.05, 0) is 30.5 Å². The van der Waals surface area contributed by atoms with Gasteiger partial charge < -0.3 is 0 Å². The second-order valence-corrected chi connectivity index (χ2v) is 2.39. The second-order valence-electron chi connectivity index (χ2n) is 2.39. The summed E-state index contributed by atoms with van der Waals surface area (Å²) in [5, 5.41) is 0. The Balaban J connectivity index is 0.000000561. The first-order valence-corrected chi connectivity index (χ1v) is 4.49. The molecule has 12 heavy (non-hydrogen) atoms. The molecule has 0 spiro atoms. The molecule has 0 N–H and O–H groups in total. The number of benzene rings is 1. The lowest BCUT2D eigenvalue weighted by Crippen LogP contribution is -1.90. The SMILES string of the molecule is CC.CCc1c(C)cccc1F. The maximum absolute atomic E-state index is 12.9. The summed E-state index contributed by atoms with van der Waals surface area (Å²) in [5.41, 5.74) is 1.88. The zero-order valence-corrected chi connectivity index (χ0v) is 8.32. The Morgan fingerprint density at radius 1 is 1.25 bits per heavy atom. The Bertz CT molecular complexity index is 208. The molecule has 0 unspecified atom stereocenters. The molecule has 0 aliphatic carbocycles. The third-order valence-corrected chi connectivity index (χ3v) is 1.71. The van der Waals surface area contributed by atoms with Crippen molar-refractivity contribution in [2.45, 2.75) is 34.1 Å². The molecule has 0 bridgehead atoms. The predicted molar refractivity (Wildman–Crippen MR) is 51.9 cm³/mol. The topological polar surface area (TPSA) is 0 Å². The molecule has 0 heterocycles. The molecule has 68 valence electrons. The summed E-state index contributed by atoms with van der Waals surface area (Å²) in [6.45, 7) is 7.90. The Morgan fingerprint density at radius 2 is 1.83 bits per heavy atom. The third-order valence-electron chi connectivity index (χ3n) is 1.71. The van der Waals surface area contributed by atoms with Gasteiger partial charge in [-0.2, -0.15) is 0 Å². The van der Waals surface area contributed by atoms with Crippen LogP contribution in [0.1, 0.15) is 31.9 Å². The highest BCUT2D eigenvalue weighted by Gasteiger charge is 2.00. The van der Waals surface area contributed by atoms with Crippen molar-refractivity contribution in [2.75, 3.05) is 0 Å². The number of rotatable bonds is 1. The number of halogens is 1. The zero-order chi connectivity index (χ0) is 9.56. The Morgan fingerprint density at radius 3 is 2.17 bits per heavy atom. The van der Waals surface area contributed by atoms with Gasteiger partial charge in [-0.1, -0.05) is 32.9 Å². The van der Waals surface area contributed by atoms with Crippen molar-refractivity contribution in [1.82, 2.24) is 0 Å². The van der Waals surface area contributed by atoms with Crippen LogP contribution in [0.2, 0.25) is 0 Å². The maximum atomic E-state index is 12.9. The lowest BCUT2D eigenvalue weighted by Gasteiger charge is -2.01. The minimum atomic E-state index is -0.0810. The van der Waals surface area contributed by atoms with Crippen LogP contribution in [-0.4, -0.2) is 0 Å². The summed E-state index contributed by atoms with van der Waals surface area (Å²) >= 11 is 0. The van der Waals surface area contributed by atoms with Crippen molar-refractivity contribution in [3.05, 3.63) is 35.1 Å². The number of aryl methyl sites for hydroxylation is 1. The van der Waals surface area contributed by atoms with Crippen LogP contribution >= 0.6 is 0 Å². The monoisotopic (exact) mass is 168 g/mol. The van der Waals surface area contributed by atoms with E-state index in [1.54, 1.807) is 6.07 Å². The van der Waals surface area contributed by atoms with E-state index in [-0.39, 0.29) is 5.82 Å². The number of hydrogen-bond donors (Lipinski definition) is 0. The molecule has 0 aliphatic rings. The molecule has 0 saturated carbocycles. The molecular formula is C11H17F. The summed E-state index contributed by atoms with van der Waals surface area (Å²) in [6, 6.07) is 5.18. The molecule has 0 aliphatic heterocycles. The van der Waals surface area contributed by atoms with Gasteiger partial charge in [0.2, 0.25) is 0 Å². The van der Waals surface area contributed by atoms with Gasteiger partial charge in [-0.25, -0.2) is 4.39 Å². The van der Waals surface area contributed by atoms with Gasteiger partial charge in [0.25, 0.3) is 0 Å². The van der Waals surface area contributed by atoms with Crippen molar-refractivity contribution < 1.29 is 4.39 Å². The minimum Gasteiger partial charge on any atom is -0.207 e. The van der Waals surface area contributed by atoms with Gasteiger partial charge in [0.05, 0.1) is 0 Å². The highest BCUT2D eigenvalue weighted by molar-refractivity contribution is 5.26. The van der Waals surface area contributed by atoms with E-state index in [9.17, 15) is 4.39 Å². The van der Waals surface area contributed by atoms with Gasteiger partial charge in [-0.15, -0.1) is 0 Å². The highest BCUT2D eigenvalue weighted by atomic mass is 19.1. The van der Waals surface area contributed by atoms with E-state index in [4.69, 9.17) is 0 Å². The van der Waals surface area contributed by atoms with E-state index in [0.29, 0.717) is 0 Å². The minimum absolute atomic E-state index is 0.0810. The molecule has 1 aromatic rings. The van der Waals surface area contributed by atoms with Gasteiger partial charge in [0, 0.05) is 0 Å². The smallest absolute Gasteiger partial charge is 0.126 e. The van der Waals surface area contributed by atoms with E-state index in [0.717, 1.165) is 17.5 Å². The van der Waals surface area contributed by atoms with Crippen molar-refractivity contribution >= 4 is 0 Å². The lowest BCUT2D eigenvalue weighted by molar-refractivity contribution is 0.610. The predicted octanol–water partition coefficient (Wildman–Crippen LogP) is 3.72. The fourth-order valence-corrected chi connectivity index (χ4v) is 1.11. The summed E-state index contributed by atoms with van der Waals surface area (Å²) in [6.07, 6.45) is 0.776. The zero-order valence-electron chi connectivity index (χ0n) is 8.32. The summed E-state index contributed by atoms with van der Waals surface area (Å²) in [7, 11) is 0. The van der Waals surface area contributed by atoms with E-state index >= 15 is 0 Å². The average Bonchev–Trinajstić information content (AvgIpc) is 2.08. The van der Waals surface area contributed by atoms with Crippen LogP contribution in [0.5, 0.6) is 0 Å². The summed E-state index contributed by atoms with van der Waals surface area (Å²) in [5.74, 6) is -0.0810. The first-order valence-electron chi connectivity index (χ1n) is 4.49. The lowest BCUT2D eigenvalue weighted by atomic mass is 10.1. The molecular weight excluding hydrogens is 151 g/mol. The van der Waals surface area contributed by atoms with Crippen LogP contribution in [0.4, 0.5) is 4.39 Å². The van der Waals surface area contributed by atoms with Crippen molar-refractivity contribution in [2.24, 2.45) is 0 Å². The normalized spacial score (nSPS) is 8.75. The van der Waals surface area contributed by atoms with Gasteiger partial charge >= 0.3 is 0 Å². The quantitative estimate of drug-likeness (QED) is 0.599. The van der Waals surface area contributed by atoms with Crippen molar-refractivity contribution in [1.29, 1.82) is 0 Å². The van der Waals surface area contributed by atoms with Gasteiger partial charge in [0.15, 0.2) is 0 Å². The van der Waals surface area contributed by atoms with E-state index in [2.05, 4.69) is 0 Å². The molecule has 0 amide bonds. The molecule has 0 aromatic heterocycles. The first-order chi connectivity index (χ1) is 5.75. The Labute approximate surface area is 74.4 Å². The van der Waals surface area contributed by atoms with Crippen molar-refractivity contribution in [3.63, 3.8) is 0 Å². The van der Waals surface area contributed by atoms with E-state index < -0.39 is 0 Å². The van der Waals surface area contributed by atoms with Gasteiger partial charge in [0.1, 0.15) is 5.82 Å². The molecule has 1 heteroatoms. The second kappa shape index (κ2) is 5.76. The molecule has 0 fully saturated rings. The molecule has 0 saturated heterocycles. The van der Waals surface area contributed by atoms with Crippen molar-refractivity contribution in [3.8, 4) is 0 Å². The fraction of sp³-hybridized carbons (Fsp3) is 0.455. The summed E-state index contributed by atoms with van der Waals surface area (Å²) in [4.78, 5) is 0. The van der Waals surface area contributed by atoms with Crippen LogP contribution in [0.3, 0.4) is 0 Å². The maximum Gasteiger partial charge on any atom is 0.126 e. The van der Waals surface area contributed by atoms with Crippen LogP contribution in [0.25, 0.3) is 0 Å². The average molecular weight is 168 g/mol. The van der Waals surface area contributed by atoms with E-state index in [1.807, 2.05) is 33.8 Å². The van der Waals surface area contributed by atoms with E-state index in [1.165, 1.54) is 6.07 Å². The molecule has 0 atom stereocenters. The van der Waals surface area contributed by atoms with Crippen LogP contribution in [0.15, 0.2) is 18.2 Å². The van der Waals surface area contributed by atoms with Crippen LogP contribution < -0.4 is 0 Å². The third kappa shape index (κ3) is 2.65. The Hall–Kier alpha value is -0.850. The standard InChI is InChI=1S/C9H11F.C2H6/c1-3-8-7(2)5-4-6-9(8)10;1-2/h4-6H,3H2,1-2H3;1-2H3. The largest absolute Gasteiger partial charge is 0.207 e. The molecule has 0 nitrogen and oxygen atoms in total. The van der Waals surface area contributed by atoms with Crippen LogP contribution in [0, 0.1) is 12.7 Å². The van der Waals surface area contributed by atoms with Gasteiger partial charge in [-0.3, -0.25) is 0 Å². The molecule has 1 rings (SSSR count). The fourth-order valence-electron chi connectivity index (χ4n) is 1.11.